The third-order valence-electron chi connectivity index (χ3n) is 17.9. The molecule has 15 aromatic rings. The monoisotopic (exact) mass is 1400 g/mol. The van der Waals surface area contributed by atoms with Crippen LogP contribution in [0, 0.1) is 32.2 Å². The average molecular weight is 1400 g/mol. The number of benzene rings is 11. The number of hydrogen-bond acceptors (Lipinski definition) is 3. The Morgan fingerprint density at radius 1 is 0.484 bits per heavy atom. The van der Waals surface area contributed by atoms with Crippen molar-refractivity contribution in [1.82, 2.24) is 14.1 Å². The molecule has 6 nitrogen and oxygen atoms in total. The van der Waals surface area contributed by atoms with Crippen LogP contribution in [0.5, 0.6) is 11.5 Å². The molecule has 1 aliphatic heterocycles. The van der Waals surface area contributed by atoms with Gasteiger partial charge in [0.15, 0.2) is 0 Å². The molecule has 5 heterocycles. The topological polar surface area (TPSA) is 49.0 Å². The van der Waals surface area contributed by atoms with Gasteiger partial charge in [0.2, 0.25) is 0 Å². The molecule has 4 aromatic heterocycles. The van der Waals surface area contributed by atoms with Crippen molar-refractivity contribution in [1.29, 1.82) is 0 Å². The zero-order valence-corrected chi connectivity index (χ0v) is 54.9. The smallest absolute Gasteiger partial charge is 0.268 e. The number of pyridine rings is 1. The molecule has 0 saturated carbocycles. The van der Waals surface area contributed by atoms with E-state index in [4.69, 9.17) is 22.4 Å². The van der Waals surface area contributed by atoms with E-state index in [2.05, 4.69) is 122 Å². The minimum atomic E-state index is -2.92. The summed E-state index contributed by atoms with van der Waals surface area (Å²) < 4.78 is 153. The summed E-state index contributed by atoms with van der Waals surface area (Å²) in [4.78, 5) is 4.90. The number of para-hydroxylation sites is 2. The van der Waals surface area contributed by atoms with Gasteiger partial charge in [-0.05, 0) is 190 Å². The van der Waals surface area contributed by atoms with Crippen molar-refractivity contribution in [2.24, 2.45) is 0 Å². The van der Waals surface area contributed by atoms with E-state index in [-0.39, 0.29) is 115 Å². The van der Waals surface area contributed by atoms with Crippen LogP contribution in [0.15, 0.2) is 229 Å². The zero-order valence-electron chi connectivity index (χ0n) is 66.7. The molecule has 0 radical (unpaired) electrons. The van der Waals surface area contributed by atoms with E-state index in [1.165, 1.54) is 24.3 Å². The van der Waals surface area contributed by atoms with E-state index < -0.39 is 62.0 Å². The number of fused-ring (bicyclic) bond motifs is 13. The first kappa shape index (κ1) is 45.4. The van der Waals surface area contributed by atoms with Gasteiger partial charge in [-0.2, -0.15) is 18.2 Å². The quantitative estimate of drug-likeness (QED) is 0.118. The first-order valence-corrected chi connectivity index (χ1v) is 30.8. The van der Waals surface area contributed by atoms with Gasteiger partial charge in [-0.3, -0.25) is 4.57 Å². The van der Waals surface area contributed by atoms with Crippen LogP contribution in [-0.4, -0.2) is 14.1 Å². The zero-order chi connectivity index (χ0) is 75.1. The Balaban J connectivity index is 0.00000915. The first-order chi connectivity index (χ1) is 50.0. The Morgan fingerprint density at radius 3 is 1.81 bits per heavy atom. The van der Waals surface area contributed by atoms with Gasteiger partial charge in [0.1, 0.15) is 17.0 Å². The Kier molecular flexibility index (Phi) is 10.8. The fourth-order valence-electron chi connectivity index (χ4n) is 13.1. The third-order valence-corrected chi connectivity index (χ3v) is 17.9. The Hall–Kier alpha value is -9.87. The van der Waals surface area contributed by atoms with Crippen molar-refractivity contribution < 1.29 is 54.0 Å². The molecule has 0 fully saturated rings. The fourth-order valence-corrected chi connectivity index (χ4v) is 13.1. The van der Waals surface area contributed by atoms with Crippen LogP contribution in [0.3, 0.4) is 0 Å². The number of furan rings is 1. The van der Waals surface area contributed by atoms with Crippen molar-refractivity contribution in [3.63, 3.8) is 0 Å². The van der Waals surface area contributed by atoms with Crippen LogP contribution >= 0.6 is 0 Å². The van der Waals surface area contributed by atoms with E-state index in [0.29, 0.717) is 50.5 Å². The van der Waals surface area contributed by atoms with E-state index in [0.717, 1.165) is 49.4 Å². The molecule has 0 spiro atoms. The molecule has 11 aromatic carbocycles. The average Bonchev–Trinajstić information content (AvgIpc) is 1.58. The summed E-state index contributed by atoms with van der Waals surface area (Å²) in [6.07, 6.45) is 5.57. The summed E-state index contributed by atoms with van der Waals surface area (Å²) in [6, 6.07) is 54.3. The van der Waals surface area contributed by atoms with E-state index in [1.54, 1.807) is 27.3 Å². The molecule has 7 heteroatoms. The Labute approximate surface area is 578 Å². The molecule has 0 atom stereocenters. The van der Waals surface area contributed by atoms with Crippen molar-refractivity contribution in [2.45, 2.75) is 92.3 Å². The van der Waals surface area contributed by atoms with Crippen molar-refractivity contribution in [3.8, 4) is 95.5 Å². The SMILES string of the molecule is [2H]c1c([2H])c([2H])c2c(c1[2H])-c1cc(-c3c(C([2H])([2H])[2H])cccc3C([2H])([2H])[2H])cc(-c3ccc4oc5ccccc5c4c3)c1-[n+]1[c-]n(-c3[c-]c(Oc4[c-]c5c(cc4)c4ccccc4n5-c4cc(C(C)(C)C)ccn4)ccc3)c3cc(-c4cc(C(C)(C)C)cc(C(C)(C)C)c4)cc(c31)-c1c([2H])c([2H])c([2H])c([2H])c1-2.[Pt]. The number of nitrogens with zero attached hydrogens (tertiary/aromatic N) is 4. The summed E-state index contributed by atoms with van der Waals surface area (Å²) >= 11 is 0. The van der Waals surface area contributed by atoms with Crippen molar-refractivity contribution in [2.75, 3.05) is 0 Å². The maximum absolute atomic E-state index is 10.3. The van der Waals surface area contributed by atoms with Crippen LogP contribution in [0.2, 0.25) is 0 Å². The number of aryl methyl sites for hydroxylation is 2. The maximum Gasteiger partial charge on any atom is 0.268 e. The molecule has 0 aliphatic carbocycles. The van der Waals surface area contributed by atoms with Gasteiger partial charge in [0, 0.05) is 63.3 Å². The fraction of sp³-hybridized carbons (Fsp3) is 0.163. The van der Waals surface area contributed by atoms with Gasteiger partial charge in [0.05, 0.1) is 27.7 Å². The van der Waals surface area contributed by atoms with Crippen molar-refractivity contribution >= 4 is 54.8 Å². The van der Waals surface area contributed by atoms with Gasteiger partial charge < -0.3 is 18.3 Å². The summed E-state index contributed by atoms with van der Waals surface area (Å²) in [6.45, 7) is 13.5. The van der Waals surface area contributed by atoms with Crippen LogP contribution in [-0.2, 0) is 37.3 Å². The molecule has 0 saturated heterocycles. The molecule has 1 aliphatic rings. The summed E-state index contributed by atoms with van der Waals surface area (Å²) in [7, 11) is 0. The second-order valence-electron chi connectivity index (χ2n) is 27.0. The van der Waals surface area contributed by atoms with Crippen molar-refractivity contribution in [3.05, 3.63) is 271 Å². The molecule has 0 N–H and O–H groups in total. The van der Waals surface area contributed by atoms with E-state index in [9.17, 15) is 11.0 Å². The minimum Gasteiger partial charge on any atom is -0.510 e. The van der Waals surface area contributed by atoms with Gasteiger partial charge in [-0.15, -0.1) is 29.7 Å². The van der Waals surface area contributed by atoms with Crippen LogP contribution < -0.4 is 9.30 Å². The predicted octanol–water partition coefficient (Wildman–Crippen LogP) is 22.3. The standard InChI is InChI=1S/C86H70N4O2.Pt/c1-52-22-20-23-53(2)81(52)57-44-71(54-34-37-79-72(42-54)70-31-17-19-33-78(70)92-79)82-73(45-57)66-28-14-12-26-64(66)65-27-13-15-29-67(65)74-43-56(55-40-59(85(6,7)8)47-60(41-55)86(9,10)11)46-77-83(74)89(82)51-88(77)61-24-21-25-62(49-61)91-63-35-36-69-68-30-16-18-32-75(68)90(76(69)50-63)80-48-58(38-39-87-80)84(3,4)5;/h12-48H,1-11H3;/q-2;/i1D3,2D3,12D,13D,14D,15D,26D,27D,28D,29D;. The first-order valence-electron chi connectivity index (χ1n) is 37.8. The molecule has 0 amide bonds. The molecule has 458 valence electrons. The van der Waals surface area contributed by atoms with E-state index >= 15 is 0 Å². The molecule has 93 heavy (non-hydrogen) atoms. The number of imidazole rings is 1. The number of rotatable bonds is 7. The second-order valence-corrected chi connectivity index (χ2v) is 27.0. The molecule has 16 rings (SSSR count). The van der Waals surface area contributed by atoms with Gasteiger partial charge in [0.25, 0.3) is 6.33 Å². The summed E-state index contributed by atoms with van der Waals surface area (Å²) in [5, 5.41) is 3.35. The van der Waals surface area contributed by atoms with Crippen LogP contribution in [0.25, 0.3) is 139 Å². The normalized spacial score (nSPS) is 14.8. The largest absolute Gasteiger partial charge is 0.510 e. The second kappa shape index (κ2) is 22.2. The van der Waals surface area contributed by atoms with Crippen LogP contribution in [0.4, 0.5) is 0 Å². The summed E-state index contributed by atoms with van der Waals surface area (Å²) in [5.74, 6) is 1.34. The molecule has 0 unspecified atom stereocenters. The van der Waals surface area contributed by atoms with Gasteiger partial charge >= 0.3 is 0 Å². The maximum atomic E-state index is 10.3. The van der Waals surface area contributed by atoms with Crippen LogP contribution in [0.1, 0.15) is 109 Å². The number of aromatic nitrogens is 4. The molecule has 0 bridgehead atoms. The Morgan fingerprint density at radius 2 is 1.10 bits per heavy atom. The third kappa shape index (κ3) is 10.1. The minimum absolute atomic E-state index is 0. The number of hydrogen-bond donors (Lipinski definition) is 0. The van der Waals surface area contributed by atoms with Gasteiger partial charge in [-0.25, -0.2) is 4.98 Å². The Bertz CT molecular complexity index is 6220. The van der Waals surface area contributed by atoms with Gasteiger partial charge in [-0.1, -0.05) is 201 Å². The summed E-state index contributed by atoms with van der Waals surface area (Å²) in [5.41, 5.74) is 6.90. The molecular formula is C86H70N4O2Pt-2. The molecular weight excluding hydrogens is 1320 g/mol. The predicted molar refractivity (Wildman–Crippen MR) is 379 cm³/mol. The number of ether oxygens (including phenoxy) is 1. The van der Waals surface area contributed by atoms with E-state index in [1.807, 2.05) is 97.2 Å².